The second-order valence-corrected chi connectivity index (χ2v) is 6.06. The number of carbonyl (C=O) groups is 2. The highest BCUT2D eigenvalue weighted by Gasteiger charge is 2.14. The number of anilines is 1. The van der Waals surface area contributed by atoms with Gasteiger partial charge in [-0.2, -0.15) is 0 Å². The van der Waals surface area contributed by atoms with Crippen LogP contribution >= 0.6 is 0 Å². The Labute approximate surface area is 162 Å². The van der Waals surface area contributed by atoms with E-state index in [0.29, 0.717) is 29.0 Å². The number of rotatable bonds is 9. The minimum Gasteiger partial charge on any atom is -0.488 e. The van der Waals surface area contributed by atoms with Crippen LogP contribution in [0.2, 0.25) is 0 Å². The monoisotopic (exact) mass is 391 g/mol. The van der Waals surface area contributed by atoms with Crippen LogP contribution in [0.4, 0.5) is 10.1 Å². The molecule has 2 aromatic rings. The number of methoxy groups -OCH3 is 1. The minimum absolute atomic E-state index is 0.0710. The van der Waals surface area contributed by atoms with Crippen LogP contribution in [0.25, 0.3) is 0 Å². The van der Waals surface area contributed by atoms with Gasteiger partial charge in [0.2, 0.25) is 0 Å². The molecule has 0 unspecified atom stereocenters. The van der Waals surface area contributed by atoms with Crippen molar-refractivity contribution in [1.29, 1.82) is 0 Å². The van der Waals surface area contributed by atoms with Crippen molar-refractivity contribution >= 4 is 17.6 Å². The first kappa shape index (κ1) is 21.2. The Morgan fingerprint density at radius 3 is 2.32 bits per heavy atom. The predicted molar refractivity (Wildman–Crippen MR) is 101 cm³/mol. The number of halogens is 1. The van der Waals surface area contributed by atoms with Gasteiger partial charge in [0.1, 0.15) is 12.4 Å². The average Bonchev–Trinajstić information content (AvgIpc) is 2.62. The highest BCUT2D eigenvalue weighted by atomic mass is 19.1. The van der Waals surface area contributed by atoms with Crippen molar-refractivity contribution in [3.05, 3.63) is 52.8 Å². The Morgan fingerprint density at radius 2 is 1.75 bits per heavy atom. The van der Waals surface area contributed by atoms with Gasteiger partial charge in [0, 0.05) is 24.4 Å². The number of benzene rings is 2. The summed E-state index contributed by atoms with van der Waals surface area (Å²) in [5.41, 5.74) is 1.88. The van der Waals surface area contributed by atoms with Crippen LogP contribution < -0.4 is 14.8 Å². The number of carbonyl (C=O) groups excluding carboxylic acids is 1. The predicted octanol–water partition coefficient (Wildman–Crippen LogP) is 3.18. The first-order valence-corrected chi connectivity index (χ1v) is 8.50. The minimum atomic E-state index is -1.09. The lowest BCUT2D eigenvalue weighted by molar-refractivity contribution is -0.139. The number of aliphatic carboxylic acids is 1. The summed E-state index contributed by atoms with van der Waals surface area (Å²) >= 11 is 0. The van der Waals surface area contributed by atoms with Gasteiger partial charge in [-0.15, -0.1) is 0 Å². The van der Waals surface area contributed by atoms with Crippen molar-refractivity contribution in [2.24, 2.45) is 0 Å². The molecule has 7 nitrogen and oxygen atoms in total. The number of carboxylic acid groups (broad SMARTS) is 1. The molecule has 2 N–H and O–H groups in total. The number of hydrogen-bond donors (Lipinski definition) is 2. The summed E-state index contributed by atoms with van der Waals surface area (Å²) in [6.07, 6.45) is 0. The van der Waals surface area contributed by atoms with Crippen molar-refractivity contribution in [2.75, 3.05) is 32.2 Å². The zero-order valence-electron chi connectivity index (χ0n) is 15.9. The molecule has 0 saturated heterocycles. The molecule has 0 aromatic heterocycles. The lowest BCUT2D eigenvalue weighted by Gasteiger charge is -2.13. The van der Waals surface area contributed by atoms with E-state index in [9.17, 15) is 14.0 Å². The zero-order chi connectivity index (χ0) is 20.7. The van der Waals surface area contributed by atoms with Gasteiger partial charge in [0.15, 0.2) is 18.2 Å². The Bertz CT molecular complexity index is 845. The van der Waals surface area contributed by atoms with Gasteiger partial charge in [-0.05, 0) is 49.2 Å². The highest BCUT2D eigenvalue weighted by molar-refractivity contribution is 6.04. The van der Waals surface area contributed by atoms with E-state index in [-0.39, 0.29) is 18.0 Å². The van der Waals surface area contributed by atoms with Gasteiger partial charge in [-0.25, -0.2) is 9.18 Å². The highest BCUT2D eigenvalue weighted by Crippen LogP contribution is 2.26. The summed E-state index contributed by atoms with van der Waals surface area (Å²) in [4.78, 5) is 23.2. The number of carboxylic acids is 1. The van der Waals surface area contributed by atoms with Crippen LogP contribution in [0.1, 0.15) is 21.5 Å². The first-order valence-electron chi connectivity index (χ1n) is 8.50. The molecule has 0 aliphatic heterocycles. The van der Waals surface area contributed by atoms with Crippen LogP contribution in [-0.4, -0.2) is 43.9 Å². The molecule has 8 heteroatoms. The molecule has 0 bridgehead atoms. The molecule has 0 saturated carbocycles. The van der Waals surface area contributed by atoms with Crippen molar-refractivity contribution in [1.82, 2.24) is 0 Å². The fourth-order valence-electron chi connectivity index (χ4n) is 2.58. The SMILES string of the molecule is COCCOc1ccc(NC(=O)c2cc(C)c(OCC(=O)O)c(C)c2)cc1F. The smallest absolute Gasteiger partial charge is 0.341 e. The van der Waals surface area contributed by atoms with Crippen LogP contribution in [0, 0.1) is 19.7 Å². The molecule has 0 radical (unpaired) electrons. The molecule has 150 valence electrons. The molecule has 0 aliphatic rings. The molecule has 0 aliphatic carbocycles. The molecule has 2 rings (SSSR count). The second kappa shape index (κ2) is 9.70. The van der Waals surface area contributed by atoms with E-state index >= 15 is 0 Å². The fourth-order valence-corrected chi connectivity index (χ4v) is 2.58. The number of ether oxygens (including phenoxy) is 3. The number of hydrogen-bond acceptors (Lipinski definition) is 5. The molecule has 0 atom stereocenters. The van der Waals surface area contributed by atoms with Gasteiger partial charge in [0.25, 0.3) is 5.91 Å². The van der Waals surface area contributed by atoms with Crippen molar-refractivity contribution in [2.45, 2.75) is 13.8 Å². The molecule has 0 fully saturated rings. The number of nitrogens with one attached hydrogen (secondary N) is 1. The second-order valence-electron chi connectivity index (χ2n) is 6.06. The largest absolute Gasteiger partial charge is 0.488 e. The summed E-state index contributed by atoms with van der Waals surface area (Å²) in [7, 11) is 1.52. The zero-order valence-corrected chi connectivity index (χ0v) is 15.9. The van der Waals surface area contributed by atoms with E-state index in [2.05, 4.69) is 5.32 Å². The third-order valence-corrected chi connectivity index (χ3v) is 3.80. The Kier molecular flexibility index (Phi) is 7.34. The topological polar surface area (TPSA) is 94.1 Å². The molecular weight excluding hydrogens is 369 g/mol. The maximum absolute atomic E-state index is 14.1. The summed E-state index contributed by atoms with van der Waals surface area (Å²) in [5.74, 6) is -1.62. The van der Waals surface area contributed by atoms with E-state index < -0.39 is 24.3 Å². The maximum Gasteiger partial charge on any atom is 0.341 e. The van der Waals surface area contributed by atoms with E-state index in [1.807, 2.05) is 0 Å². The summed E-state index contributed by atoms with van der Waals surface area (Å²) in [5, 5.41) is 11.4. The molecule has 2 aromatic carbocycles. The van der Waals surface area contributed by atoms with E-state index in [0.717, 1.165) is 0 Å². The first-order chi connectivity index (χ1) is 13.3. The van der Waals surface area contributed by atoms with Crippen molar-refractivity contribution in [3.63, 3.8) is 0 Å². The molecule has 1 amide bonds. The maximum atomic E-state index is 14.1. The number of aryl methyl sites for hydroxylation is 2. The quantitative estimate of drug-likeness (QED) is 0.638. The van der Waals surface area contributed by atoms with E-state index in [1.165, 1.54) is 25.3 Å². The van der Waals surface area contributed by atoms with Gasteiger partial charge in [0.05, 0.1) is 6.61 Å². The van der Waals surface area contributed by atoms with Crippen LogP contribution in [0.15, 0.2) is 30.3 Å². The Hall–Kier alpha value is -3.13. The van der Waals surface area contributed by atoms with Gasteiger partial charge in [-0.1, -0.05) is 0 Å². The lowest BCUT2D eigenvalue weighted by atomic mass is 10.0. The van der Waals surface area contributed by atoms with Crippen molar-refractivity contribution in [3.8, 4) is 11.5 Å². The fraction of sp³-hybridized carbons (Fsp3) is 0.300. The van der Waals surface area contributed by atoms with E-state index in [4.69, 9.17) is 19.3 Å². The van der Waals surface area contributed by atoms with Crippen LogP contribution in [-0.2, 0) is 9.53 Å². The lowest BCUT2D eigenvalue weighted by Crippen LogP contribution is -2.14. The average molecular weight is 391 g/mol. The summed E-state index contributed by atoms with van der Waals surface area (Å²) < 4.78 is 29.4. The summed E-state index contributed by atoms with van der Waals surface area (Å²) in [6, 6.07) is 7.30. The van der Waals surface area contributed by atoms with Crippen LogP contribution in [0.3, 0.4) is 0 Å². The number of amides is 1. The van der Waals surface area contributed by atoms with E-state index in [1.54, 1.807) is 26.0 Å². The molecule has 0 spiro atoms. The molecular formula is C20H22FNO6. The van der Waals surface area contributed by atoms with Gasteiger partial charge < -0.3 is 24.6 Å². The summed E-state index contributed by atoms with van der Waals surface area (Å²) in [6.45, 7) is 3.52. The van der Waals surface area contributed by atoms with Crippen LogP contribution in [0.5, 0.6) is 11.5 Å². The van der Waals surface area contributed by atoms with Crippen molar-refractivity contribution < 1.29 is 33.3 Å². The standard InChI is InChI=1S/C20H22FNO6/c1-12-8-14(9-13(2)19(12)28-11-18(23)24)20(25)22-15-4-5-17(16(21)10-15)27-7-6-26-3/h4-5,8-10H,6-7,11H2,1-3H3,(H,22,25)(H,23,24). The Balaban J connectivity index is 2.10. The molecule has 28 heavy (non-hydrogen) atoms. The Morgan fingerprint density at radius 1 is 1.07 bits per heavy atom. The third kappa shape index (κ3) is 5.68. The third-order valence-electron chi connectivity index (χ3n) is 3.80. The van der Waals surface area contributed by atoms with Gasteiger partial charge >= 0.3 is 5.97 Å². The normalized spacial score (nSPS) is 10.4. The van der Waals surface area contributed by atoms with Gasteiger partial charge in [-0.3, -0.25) is 4.79 Å². The molecule has 0 heterocycles.